The summed E-state index contributed by atoms with van der Waals surface area (Å²) in [5.41, 5.74) is 3.94. The van der Waals surface area contributed by atoms with Gasteiger partial charge in [0.25, 0.3) is 5.91 Å². The van der Waals surface area contributed by atoms with Crippen molar-refractivity contribution in [1.29, 1.82) is 0 Å². The van der Waals surface area contributed by atoms with E-state index < -0.39 is 17.7 Å². The highest BCUT2D eigenvalue weighted by Gasteiger charge is 2.46. The topological polar surface area (TPSA) is 83.4 Å². The summed E-state index contributed by atoms with van der Waals surface area (Å²) in [6.45, 7) is 7.84. The van der Waals surface area contributed by atoms with Gasteiger partial charge in [0.05, 0.1) is 17.3 Å². The van der Waals surface area contributed by atoms with Crippen molar-refractivity contribution in [3.8, 4) is 0 Å². The Labute approximate surface area is 187 Å². The minimum Gasteiger partial charge on any atom is -0.503 e. The van der Waals surface area contributed by atoms with Crippen LogP contribution in [0.1, 0.15) is 58.5 Å². The molecule has 1 N–H and O–H groups in total. The zero-order valence-electron chi connectivity index (χ0n) is 18.5. The van der Waals surface area contributed by atoms with Gasteiger partial charge < -0.3 is 5.11 Å². The SMILES string of the molecule is Cc1ccc(C(=O)C2=C(O)C(=O)N(c3ccc(C)nn3)C2c2ccccc2C(C)C)cc1. The second kappa shape index (κ2) is 8.38. The quantitative estimate of drug-likeness (QED) is 0.580. The van der Waals surface area contributed by atoms with Crippen LogP contribution in [0.4, 0.5) is 5.82 Å². The molecule has 162 valence electrons. The maximum atomic E-state index is 13.6. The van der Waals surface area contributed by atoms with Crippen LogP contribution in [0.2, 0.25) is 0 Å². The number of aromatic nitrogens is 2. The number of aliphatic hydroxyl groups excluding tert-OH is 1. The molecular formula is C26H25N3O3. The summed E-state index contributed by atoms with van der Waals surface area (Å²) in [6.07, 6.45) is 0. The van der Waals surface area contributed by atoms with Gasteiger partial charge in [-0.1, -0.05) is 67.9 Å². The van der Waals surface area contributed by atoms with Crippen LogP contribution in [-0.4, -0.2) is 27.0 Å². The maximum absolute atomic E-state index is 13.6. The third kappa shape index (κ3) is 3.68. The molecular weight excluding hydrogens is 402 g/mol. The summed E-state index contributed by atoms with van der Waals surface area (Å²) in [4.78, 5) is 28.2. The molecule has 3 aromatic rings. The van der Waals surface area contributed by atoms with E-state index in [4.69, 9.17) is 0 Å². The second-order valence-corrected chi connectivity index (χ2v) is 8.35. The predicted molar refractivity (Wildman–Crippen MR) is 123 cm³/mol. The molecule has 1 aromatic heterocycles. The normalized spacial score (nSPS) is 16.2. The largest absolute Gasteiger partial charge is 0.503 e. The molecule has 32 heavy (non-hydrogen) atoms. The van der Waals surface area contributed by atoms with Crippen molar-refractivity contribution >= 4 is 17.5 Å². The van der Waals surface area contributed by atoms with Crippen LogP contribution in [0.3, 0.4) is 0 Å². The van der Waals surface area contributed by atoms with Crippen LogP contribution >= 0.6 is 0 Å². The molecule has 0 saturated carbocycles. The van der Waals surface area contributed by atoms with Gasteiger partial charge in [-0.3, -0.25) is 14.5 Å². The Bertz CT molecular complexity index is 1210. The van der Waals surface area contributed by atoms with Crippen LogP contribution < -0.4 is 4.90 Å². The molecule has 0 bridgehead atoms. The summed E-state index contributed by atoms with van der Waals surface area (Å²) in [5.74, 6) is -1.18. The molecule has 0 aliphatic carbocycles. The smallest absolute Gasteiger partial charge is 0.295 e. The zero-order valence-corrected chi connectivity index (χ0v) is 18.5. The first-order valence-electron chi connectivity index (χ1n) is 10.6. The zero-order chi connectivity index (χ0) is 23.0. The summed E-state index contributed by atoms with van der Waals surface area (Å²) < 4.78 is 0. The average Bonchev–Trinajstić information content (AvgIpc) is 3.05. The first-order chi connectivity index (χ1) is 15.3. The van der Waals surface area contributed by atoms with Crippen molar-refractivity contribution in [3.05, 3.63) is 99.9 Å². The van der Waals surface area contributed by atoms with E-state index in [1.807, 2.05) is 43.3 Å². The fraction of sp³-hybridized carbons (Fsp3) is 0.231. The van der Waals surface area contributed by atoms with E-state index in [2.05, 4.69) is 24.0 Å². The predicted octanol–water partition coefficient (Wildman–Crippen LogP) is 5.00. The average molecular weight is 428 g/mol. The van der Waals surface area contributed by atoms with E-state index in [1.165, 1.54) is 4.90 Å². The van der Waals surface area contributed by atoms with Gasteiger partial charge in [-0.2, -0.15) is 5.10 Å². The first kappa shape index (κ1) is 21.4. The lowest BCUT2D eigenvalue weighted by Gasteiger charge is -2.28. The number of carbonyl (C=O) groups is 2. The lowest BCUT2D eigenvalue weighted by molar-refractivity contribution is -0.117. The molecule has 2 heterocycles. The van der Waals surface area contributed by atoms with Crippen molar-refractivity contribution in [2.24, 2.45) is 0 Å². The van der Waals surface area contributed by atoms with E-state index in [0.29, 0.717) is 11.3 Å². The number of aliphatic hydroxyl groups is 1. The van der Waals surface area contributed by atoms with Crippen LogP contribution in [0.25, 0.3) is 0 Å². The molecule has 0 spiro atoms. The second-order valence-electron chi connectivity index (χ2n) is 8.35. The van der Waals surface area contributed by atoms with E-state index in [0.717, 1.165) is 16.7 Å². The van der Waals surface area contributed by atoms with Gasteiger partial charge in [-0.25, -0.2) is 0 Å². The molecule has 6 nitrogen and oxygen atoms in total. The van der Waals surface area contributed by atoms with Crippen molar-refractivity contribution < 1.29 is 14.7 Å². The summed E-state index contributed by atoms with van der Waals surface area (Å²) in [5, 5.41) is 19.2. The summed E-state index contributed by atoms with van der Waals surface area (Å²) in [6, 6.07) is 17.4. The van der Waals surface area contributed by atoms with Gasteiger partial charge >= 0.3 is 0 Å². The highest BCUT2D eigenvalue weighted by molar-refractivity contribution is 6.20. The van der Waals surface area contributed by atoms with Gasteiger partial charge in [-0.15, -0.1) is 5.10 Å². The molecule has 1 atom stereocenters. The Morgan fingerprint density at radius 2 is 1.66 bits per heavy atom. The Morgan fingerprint density at radius 3 is 2.28 bits per heavy atom. The third-order valence-electron chi connectivity index (χ3n) is 5.71. The molecule has 0 fully saturated rings. The van der Waals surface area contributed by atoms with Crippen LogP contribution in [0, 0.1) is 13.8 Å². The number of ketones is 1. The van der Waals surface area contributed by atoms with Gasteiger partial charge in [0.15, 0.2) is 17.4 Å². The van der Waals surface area contributed by atoms with Crippen LogP contribution in [-0.2, 0) is 4.79 Å². The van der Waals surface area contributed by atoms with Gasteiger partial charge in [0, 0.05) is 5.56 Å². The van der Waals surface area contributed by atoms with E-state index in [1.54, 1.807) is 31.2 Å². The number of nitrogens with zero attached hydrogens (tertiary/aromatic N) is 3. The number of hydrogen-bond donors (Lipinski definition) is 1. The molecule has 1 aliphatic rings. The summed E-state index contributed by atoms with van der Waals surface area (Å²) >= 11 is 0. The number of Topliss-reactive ketones (excluding diaryl/α,β-unsaturated/α-hetero) is 1. The van der Waals surface area contributed by atoms with Crippen LogP contribution in [0.5, 0.6) is 0 Å². The van der Waals surface area contributed by atoms with E-state index >= 15 is 0 Å². The molecule has 1 aliphatic heterocycles. The molecule has 2 aromatic carbocycles. The van der Waals surface area contributed by atoms with Crippen molar-refractivity contribution in [2.45, 2.75) is 39.7 Å². The molecule has 0 saturated heterocycles. The number of amides is 1. The van der Waals surface area contributed by atoms with Gasteiger partial charge in [-0.05, 0) is 43.0 Å². The standard InChI is InChI=1S/C26H25N3O3/c1-15(2)19-7-5-6-8-20(19)23-22(24(30)18-12-9-16(3)10-13-18)25(31)26(32)29(23)21-14-11-17(4)27-28-21/h5-15,23,31H,1-4H3. The molecule has 1 amide bonds. The number of anilines is 1. The molecule has 6 heteroatoms. The molecule has 0 radical (unpaired) electrons. The molecule has 4 rings (SSSR count). The van der Waals surface area contributed by atoms with Crippen molar-refractivity contribution in [3.63, 3.8) is 0 Å². The highest BCUT2D eigenvalue weighted by Crippen LogP contribution is 2.43. The highest BCUT2D eigenvalue weighted by atomic mass is 16.3. The van der Waals surface area contributed by atoms with Crippen molar-refractivity contribution in [2.75, 3.05) is 4.90 Å². The molecule has 1 unspecified atom stereocenters. The third-order valence-corrected chi connectivity index (χ3v) is 5.71. The minimum atomic E-state index is -0.813. The Balaban J connectivity index is 1.92. The Morgan fingerprint density at radius 1 is 0.969 bits per heavy atom. The lowest BCUT2D eigenvalue weighted by Crippen LogP contribution is -2.32. The van der Waals surface area contributed by atoms with Gasteiger partial charge in [0.1, 0.15) is 0 Å². The number of rotatable bonds is 5. The maximum Gasteiger partial charge on any atom is 0.295 e. The minimum absolute atomic E-state index is 0.0503. The van der Waals surface area contributed by atoms with E-state index in [9.17, 15) is 14.7 Å². The Kier molecular flexibility index (Phi) is 5.61. The Hall–Kier alpha value is -3.80. The lowest BCUT2D eigenvalue weighted by atomic mass is 9.87. The monoisotopic (exact) mass is 427 g/mol. The van der Waals surface area contributed by atoms with Gasteiger partial charge in [0.2, 0.25) is 0 Å². The fourth-order valence-corrected chi connectivity index (χ4v) is 4.03. The fourth-order valence-electron chi connectivity index (χ4n) is 4.03. The number of benzene rings is 2. The number of hydrogen-bond acceptors (Lipinski definition) is 5. The van der Waals surface area contributed by atoms with Crippen LogP contribution in [0.15, 0.2) is 72.0 Å². The van der Waals surface area contributed by atoms with Crippen molar-refractivity contribution in [1.82, 2.24) is 10.2 Å². The van der Waals surface area contributed by atoms with E-state index in [-0.39, 0.29) is 23.1 Å². The number of carbonyl (C=O) groups excluding carboxylic acids is 2. The number of aryl methyl sites for hydroxylation is 2. The summed E-state index contributed by atoms with van der Waals surface area (Å²) in [7, 11) is 0. The first-order valence-corrected chi connectivity index (χ1v) is 10.6.